The summed E-state index contributed by atoms with van der Waals surface area (Å²) in [4.78, 5) is 28.2. The number of rotatable bonds is 5. The van der Waals surface area contributed by atoms with Crippen LogP contribution in [0.4, 0.5) is 5.82 Å². The minimum atomic E-state index is -0.855. The van der Waals surface area contributed by atoms with Gasteiger partial charge in [-0.3, -0.25) is 9.36 Å². The number of nitrogens with one attached hydrogen (secondary N) is 1. The van der Waals surface area contributed by atoms with Gasteiger partial charge < -0.3 is 25.0 Å². The Balaban J connectivity index is 1.71. The molecule has 1 amide bonds. The quantitative estimate of drug-likeness (QED) is 0.692. The highest BCUT2D eigenvalue weighted by atomic mass is 16.5. The lowest BCUT2D eigenvalue weighted by atomic mass is 10.2. The predicted molar refractivity (Wildman–Crippen MR) is 91.1 cm³/mol. The lowest BCUT2D eigenvalue weighted by Crippen LogP contribution is -2.28. The first-order chi connectivity index (χ1) is 12.5. The Labute approximate surface area is 148 Å². The van der Waals surface area contributed by atoms with Crippen LogP contribution in [0.3, 0.4) is 0 Å². The molecule has 1 aliphatic heterocycles. The van der Waals surface area contributed by atoms with Gasteiger partial charge >= 0.3 is 5.69 Å². The number of nitrogens with zero attached hydrogens (tertiary/aromatic N) is 2. The fourth-order valence-corrected chi connectivity index (χ4v) is 2.68. The molecule has 9 nitrogen and oxygen atoms in total. The summed E-state index contributed by atoms with van der Waals surface area (Å²) < 4.78 is 11.7. The third-order valence-electron chi connectivity index (χ3n) is 4.12. The average molecular weight is 361 g/mol. The van der Waals surface area contributed by atoms with E-state index in [0.717, 1.165) is 0 Å². The van der Waals surface area contributed by atoms with Crippen molar-refractivity contribution in [3.05, 3.63) is 52.6 Å². The van der Waals surface area contributed by atoms with Crippen molar-refractivity contribution in [2.45, 2.75) is 24.9 Å². The van der Waals surface area contributed by atoms with Gasteiger partial charge in [-0.15, -0.1) is 0 Å². The van der Waals surface area contributed by atoms with Gasteiger partial charge in [0.15, 0.2) is 0 Å². The lowest BCUT2D eigenvalue weighted by Gasteiger charge is -2.14. The number of methoxy groups -OCH3 is 1. The Morgan fingerprint density at radius 2 is 2.12 bits per heavy atom. The van der Waals surface area contributed by atoms with E-state index in [0.29, 0.717) is 11.3 Å². The molecule has 0 radical (unpaired) electrons. The minimum absolute atomic E-state index is 0.101. The van der Waals surface area contributed by atoms with Crippen molar-refractivity contribution < 1.29 is 24.5 Å². The minimum Gasteiger partial charge on any atom is -0.497 e. The molecule has 9 heteroatoms. The Hall–Kier alpha value is -2.75. The maximum Gasteiger partial charge on any atom is 0.351 e. The Morgan fingerprint density at radius 1 is 1.38 bits per heavy atom. The largest absolute Gasteiger partial charge is 0.497 e. The van der Waals surface area contributed by atoms with Crippen LogP contribution in [-0.4, -0.2) is 51.6 Å². The van der Waals surface area contributed by atoms with Crippen LogP contribution in [0.5, 0.6) is 5.75 Å². The van der Waals surface area contributed by atoms with Gasteiger partial charge in [-0.05, 0) is 30.3 Å². The standard InChI is InChI=1S/C17H19N3O6/c1-25-11-4-2-10(3-5-11)16(23)18-14-6-7-20(17(24)19-14)15-8-12(22)13(9-21)26-15/h2-7,12-13,15,21-22H,8-9H2,1H3,(H,18,19,23,24)/t12-,13-,15+/m1/s1. The predicted octanol–water partition coefficient (Wildman–Crippen LogP) is 0.145. The number of aliphatic hydroxyl groups excluding tert-OH is 2. The van der Waals surface area contributed by atoms with Crippen molar-refractivity contribution in [3.8, 4) is 5.75 Å². The van der Waals surface area contributed by atoms with Crippen molar-refractivity contribution in [1.29, 1.82) is 0 Å². The zero-order chi connectivity index (χ0) is 18.7. The highest BCUT2D eigenvalue weighted by Crippen LogP contribution is 2.27. The fourth-order valence-electron chi connectivity index (χ4n) is 2.68. The number of ether oxygens (including phenoxy) is 2. The van der Waals surface area contributed by atoms with Gasteiger partial charge in [0.2, 0.25) is 0 Å². The molecule has 0 unspecified atom stereocenters. The normalized spacial score (nSPS) is 22.2. The molecule has 2 aromatic rings. The second kappa shape index (κ2) is 7.65. The van der Waals surface area contributed by atoms with Gasteiger partial charge in [0.05, 0.1) is 19.8 Å². The SMILES string of the molecule is COc1ccc(C(=O)Nc2ccn([C@@H]3C[C@@H](O)[C@@H](CO)O3)c(=O)n2)cc1. The molecule has 2 heterocycles. The van der Waals surface area contributed by atoms with E-state index < -0.39 is 30.0 Å². The zero-order valence-electron chi connectivity index (χ0n) is 14.0. The summed E-state index contributed by atoms with van der Waals surface area (Å²) >= 11 is 0. The summed E-state index contributed by atoms with van der Waals surface area (Å²) in [6, 6.07) is 7.96. The van der Waals surface area contributed by atoms with Crippen molar-refractivity contribution >= 4 is 11.7 Å². The van der Waals surface area contributed by atoms with Crippen LogP contribution in [0.2, 0.25) is 0 Å². The molecule has 3 atom stereocenters. The molecule has 0 saturated carbocycles. The Kier molecular flexibility index (Phi) is 5.31. The van der Waals surface area contributed by atoms with Gasteiger partial charge in [0.1, 0.15) is 23.9 Å². The summed E-state index contributed by atoms with van der Waals surface area (Å²) in [5.74, 6) is 0.316. The number of benzene rings is 1. The topological polar surface area (TPSA) is 123 Å². The lowest BCUT2D eigenvalue weighted by molar-refractivity contribution is -0.0458. The summed E-state index contributed by atoms with van der Waals surface area (Å²) in [5.41, 5.74) is -0.238. The first kappa shape index (κ1) is 18.1. The number of carbonyl (C=O) groups is 1. The molecule has 138 valence electrons. The molecular weight excluding hydrogens is 342 g/mol. The zero-order valence-corrected chi connectivity index (χ0v) is 14.0. The van der Waals surface area contributed by atoms with E-state index in [1.165, 1.54) is 23.9 Å². The first-order valence-electron chi connectivity index (χ1n) is 8.01. The van der Waals surface area contributed by atoms with Crippen molar-refractivity contribution in [2.75, 3.05) is 19.0 Å². The molecule has 3 rings (SSSR count). The Morgan fingerprint density at radius 3 is 2.69 bits per heavy atom. The summed E-state index contributed by atoms with van der Waals surface area (Å²) in [6.07, 6.45) is -0.707. The number of hydrogen-bond acceptors (Lipinski definition) is 7. The van der Waals surface area contributed by atoms with Crippen LogP contribution in [0, 0.1) is 0 Å². The number of anilines is 1. The van der Waals surface area contributed by atoms with Crippen molar-refractivity contribution in [1.82, 2.24) is 9.55 Å². The van der Waals surface area contributed by atoms with Crippen molar-refractivity contribution in [3.63, 3.8) is 0 Å². The third-order valence-corrected chi connectivity index (χ3v) is 4.12. The smallest absolute Gasteiger partial charge is 0.351 e. The summed E-state index contributed by atoms with van der Waals surface area (Å²) in [7, 11) is 1.53. The van der Waals surface area contributed by atoms with E-state index in [2.05, 4.69) is 10.3 Å². The van der Waals surface area contributed by atoms with Crippen molar-refractivity contribution in [2.24, 2.45) is 0 Å². The molecule has 26 heavy (non-hydrogen) atoms. The van der Waals surface area contributed by atoms with Gasteiger partial charge in [-0.2, -0.15) is 4.98 Å². The molecule has 3 N–H and O–H groups in total. The second-order valence-electron chi connectivity index (χ2n) is 5.80. The van der Waals surface area contributed by atoms with Crippen LogP contribution < -0.4 is 15.7 Å². The maximum absolute atomic E-state index is 12.2. The van der Waals surface area contributed by atoms with E-state index >= 15 is 0 Å². The second-order valence-corrected chi connectivity index (χ2v) is 5.80. The van der Waals surface area contributed by atoms with Gasteiger partial charge in [0.25, 0.3) is 5.91 Å². The van der Waals surface area contributed by atoms with Crippen LogP contribution in [0.25, 0.3) is 0 Å². The average Bonchev–Trinajstić information content (AvgIpc) is 3.02. The molecule has 1 aliphatic rings. The third kappa shape index (κ3) is 3.74. The molecule has 0 aliphatic carbocycles. The van der Waals surface area contributed by atoms with E-state index in [1.807, 2.05) is 0 Å². The van der Waals surface area contributed by atoms with Gasteiger partial charge in [-0.1, -0.05) is 0 Å². The number of aliphatic hydroxyl groups is 2. The molecule has 1 saturated heterocycles. The van der Waals surface area contributed by atoms with Crippen LogP contribution >= 0.6 is 0 Å². The van der Waals surface area contributed by atoms with E-state index in [-0.39, 0.29) is 18.8 Å². The number of aromatic nitrogens is 2. The van der Waals surface area contributed by atoms with Gasteiger partial charge in [0, 0.05) is 18.2 Å². The van der Waals surface area contributed by atoms with E-state index in [1.54, 1.807) is 24.3 Å². The number of amides is 1. The molecule has 1 aromatic heterocycles. The maximum atomic E-state index is 12.2. The molecule has 1 aromatic carbocycles. The van der Waals surface area contributed by atoms with Gasteiger partial charge in [-0.25, -0.2) is 4.79 Å². The number of hydrogen-bond donors (Lipinski definition) is 3. The van der Waals surface area contributed by atoms with E-state index in [9.17, 15) is 14.7 Å². The fraction of sp³-hybridized carbons (Fsp3) is 0.353. The number of carbonyl (C=O) groups excluding carboxylic acids is 1. The highest BCUT2D eigenvalue weighted by Gasteiger charge is 2.34. The molecule has 0 spiro atoms. The van der Waals surface area contributed by atoms with Crippen LogP contribution in [0.1, 0.15) is 23.0 Å². The first-order valence-corrected chi connectivity index (χ1v) is 8.01. The summed E-state index contributed by atoms with van der Waals surface area (Å²) in [5, 5.41) is 21.4. The molecule has 1 fully saturated rings. The van der Waals surface area contributed by atoms with Crippen LogP contribution in [0.15, 0.2) is 41.3 Å². The van der Waals surface area contributed by atoms with E-state index in [4.69, 9.17) is 14.6 Å². The summed E-state index contributed by atoms with van der Waals surface area (Å²) in [6.45, 7) is -0.337. The van der Waals surface area contributed by atoms with Crippen LogP contribution in [-0.2, 0) is 4.74 Å². The monoisotopic (exact) mass is 361 g/mol. The highest BCUT2D eigenvalue weighted by molar-refractivity contribution is 6.03. The molecule has 0 bridgehead atoms. The molecular formula is C17H19N3O6. The Bertz CT molecular complexity index is 835.